The van der Waals surface area contributed by atoms with Gasteiger partial charge in [0.05, 0.1) is 0 Å². The second kappa shape index (κ2) is 5.90. The molecule has 0 atom stereocenters. The van der Waals surface area contributed by atoms with Crippen molar-refractivity contribution in [2.75, 3.05) is 0 Å². The van der Waals surface area contributed by atoms with Crippen LogP contribution in [0.3, 0.4) is 0 Å². The van der Waals surface area contributed by atoms with Crippen molar-refractivity contribution in [3.63, 3.8) is 0 Å². The predicted octanol–water partition coefficient (Wildman–Crippen LogP) is 2.77. The van der Waals surface area contributed by atoms with Crippen molar-refractivity contribution >= 4 is 34.5 Å². The molecular formula is C18H13N3O2S. The minimum absolute atomic E-state index is 0.184. The Kier molecular flexibility index (Phi) is 3.59. The van der Waals surface area contributed by atoms with Gasteiger partial charge >= 0.3 is 0 Å². The summed E-state index contributed by atoms with van der Waals surface area (Å²) in [7, 11) is 0. The van der Waals surface area contributed by atoms with E-state index in [4.69, 9.17) is 4.42 Å². The van der Waals surface area contributed by atoms with Gasteiger partial charge in [-0.3, -0.25) is 4.79 Å². The molecule has 0 radical (unpaired) electrons. The third-order valence-electron chi connectivity index (χ3n) is 3.46. The lowest BCUT2D eigenvalue weighted by molar-refractivity contribution is 0.525. The van der Waals surface area contributed by atoms with Gasteiger partial charge < -0.3 is 4.42 Å². The van der Waals surface area contributed by atoms with Crippen molar-refractivity contribution in [3.8, 4) is 0 Å². The molecule has 0 aliphatic carbocycles. The second-order valence-corrected chi connectivity index (χ2v) is 6.28. The average Bonchev–Trinajstić information content (AvgIpc) is 3.25. The van der Waals surface area contributed by atoms with E-state index >= 15 is 0 Å². The first-order valence-corrected chi connectivity index (χ1v) is 8.21. The van der Waals surface area contributed by atoms with Gasteiger partial charge in [-0.1, -0.05) is 47.7 Å². The van der Waals surface area contributed by atoms with Gasteiger partial charge in [0.25, 0.3) is 5.56 Å². The van der Waals surface area contributed by atoms with Crippen molar-refractivity contribution in [1.29, 1.82) is 0 Å². The van der Waals surface area contributed by atoms with Gasteiger partial charge in [-0.15, -0.1) is 5.10 Å². The van der Waals surface area contributed by atoms with Crippen LogP contribution in [0.15, 0.2) is 51.7 Å². The fourth-order valence-electron chi connectivity index (χ4n) is 2.31. The number of fused-ring (bicyclic) bond motifs is 1. The molecule has 0 spiro atoms. The molecule has 0 aliphatic rings. The molecule has 0 N–H and O–H groups in total. The fourth-order valence-corrected chi connectivity index (χ4v) is 3.21. The number of furan rings is 1. The van der Waals surface area contributed by atoms with Crippen LogP contribution in [0.2, 0.25) is 0 Å². The van der Waals surface area contributed by atoms with Crippen LogP contribution in [-0.2, 0) is 0 Å². The van der Waals surface area contributed by atoms with Crippen molar-refractivity contribution in [2.45, 2.75) is 6.92 Å². The highest BCUT2D eigenvalue weighted by molar-refractivity contribution is 7.15. The highest BCUT2D eigenvalue weighted by atomic mass is 32.1. The minimum atomic E-state index is -0.184. The van der Waals surface area contributed by atoms with Gasteiger partial charge in [0.15, 0.2) is 5.82 Å². The van der Waals surface area contributed by atoms with Gasteiger partial charge in [0, 0.05) is 6.08 Å². The van der Waals surface area contributed by atoms with Gasteiger partial charge in [0.1, 0.15) is 16.1 Å². The Balaban J connectivity index is 1.70. The minimum Gasteiger partial charge on any atom is -0.462 e. The smallest absolute Gasteiger partial charge is 0.291 e. The van der Waals surface area contributed by atoms with E-state index < -0.39 is 0 Å². The number of thiazole rings is 1. The third kappa shape index (κ3) is 2.79. The summed E-state index contributed by atoms with van der Waals surface area (Å²) in [5.74, 6) is 1.97. The normalized spacial score (nSPS) is 12.6. The molecule has 118 valence electrons. The maximum absolute atomic E-state index is 12.4. The Morgan fingerprint density at radius 1 is 1.12 bits per heavy atom. The Morgan fingerprint density at radius 2 is 1.96 bits per heavy atom. The molecule has 4 rings (SSSR count). The Hall–Kier alpha value is -2.99. The largest absolute Gasteiger partial charge is 0.462 e. The zero-order chi connectivity index (χ0) is 16.5. The summed E-state index contributed by atoms with van der Waals surface area (Å²) in [6, 6.07) is 13.6. The third-order valence-corrected chi connectivity index (χ3v) is 4.42. The molecule has 24 heavy (non-hydrogen) atoms. The van der Waals surface area contributed by atoms with Crippen molar-refractivity contribution in [3.05, 3.63) is 80.3 Å². The SMILES string of the molecule is Cc1ccc(/C=c2/sc3nc(/C=C/c4ccccc4)nn3c2=O)o1. The van der Waals surface area contributed by atoms with Gasteiger partial charge in [-0.25, -0.2) is 0 Å². The first-order chi connectivity index (χ1) is 11.7. The van der Waals surface area contributed by atoms with Crippen LogP contribution in [0.4, 0.5) is 0 Å². The van der Waals surface area contributed by atoms with E-state index in [1.165, 1.54) is 15.9 Å². The van der Waals surface area contributed by atoms with Crippen molar-refractivity contribution in [1.82, 2.24) is 14.6 Å². The van der Waals surface area contributed by atoms with Crippen LogP contribution in [0, 0.1) is 6.92 Å². The molecule has 0 saturated heterocycles. The summed E-state index contributed by atoms with van der Waals surface area (Å²) in [5, 5.41) is 4.26. The number of aryl methyl sites for hydroxylation is 1. The summed E-state index contributed by atoms with van der Waals surface area (Å²) in [5.41, 5.74) is 0.871. The van der Waals surface area contributed by atoms with Gasteiger partial charge in [0.2, 0.25) is 4.96 Å². The highest BCUT2D eigenvalue weighted by Crippen LogP contribution is 2.09. The Morgan fingerprint density at radius 3 is 2.67 bits per heavy atom. The Bertz CT molecular complexity index is 1140. The number of hydrogen-bond donors (Lipinski definition) is 0. The average molecular weight is 335 g/mol. The molecule has 1 aromatic carbocycles. The molecule has 0 fully saturated rings. The van der Waals surface area contributed by atoms with Crippen LogP contribution in [0.1, 0.15) is 22.9 Å². The van der Waals surface area contributed by atoms with Crippen molar-refractivity contribution < 1.29 is 4.42 Å². The summed E-state index contributed by atoms with van der Waals surface area (Å²) in [6.07, 6.45) is 5.44. The standard InChI is InChI=1S/C18H13N3O2S/c1-12-7-9-14(23-12)11-15-17(22)21-18(24-15)19-16(20-21)10-8-13-5-3-2-4-6-13/h2-11H,1H3/b10-8+,15-11+. The second-order valence-electron chi connectivity index (χ2n) is 5.27. The first kappa shape index (κ1) is 14.6. The van der Waals surface area contributed by atoms with E-state index in [0.29, 0.717) is 21.1 Å². The molecule has 0 amide bonds. The molecule has 3 heterocycles. The van der Waals surface area contributed by atoms with E-state index in [1.807, 2.05) is 55.5 Å². The lowest BCUT2D eigenvalue weighted by atomic mass is 10.2. The van der Waals surface area contributed by atoms with Gasteiger partial charge in [-0.2, -0.15) is 9.50 Å². The quantitative estimate of drug-likeness (QED) is 0.578. The molecule has 5 nitrogen and oxygen atoms in total. The molecule has 0 saturated carbocycles. The van der Waals surface area contributed by atoms with E-state index in [9.17, 15) is 4.79 Å². The number of benzene rings is 1. The van der Waals surface area contributed by atoms with Crippen LogP contribution >= 0.6 is 11.3 Å². The molecule has 0 unspecified atom stereocenters. The van der Waals surface area contributed by atoms with Crippen LogP contribution in [0.5, 0.6) is 0 Å². The number of hydrogen-bond acceptors (Lipinski definition) is 5. The van der Waals surface area contributed by atoms with Crippen LogP contribution < -0.4 is 10.1 Å². The molecule has 0 bridgehead atoms. The number of nitrogens with zero attached hydrogens (tertiary/aromatic N) is 3. The first-order valence-electron chi connectivity index (χ1n) is 7.40. The Labute approximate surface area is 141 Å². The van der Waals surface area contributed by atoms with E-state index in [2.05, 4.69) is 10.1 Å². The molecular weight excluding hydrogens is 322 g/mol. The van der Waals surface area contributed by atoms with Crippen molar-refractivity contribution in [2.24, 2.45) is 0 Å². The topological polar surface area (TPSA) is 60.4 Å². The molecule has 0 aliphatic heterocycles. The number of rotatable bonds is 3. The molecule has 6 heteroatoms. The summed E-state index contributed by atoms with van der Waals surface area (Å²) in [4.78, 5) is 17.4. The summed E-state index contributed by atoms with van der Waals surface area (Å²) < 4.78 is 7.36. The highest BCUT2D eigenvalue weighted by Gasteiger charge is 2.09. The monoisotopic (exact) mass is 335 g/mol. The zero-order valence-electron chi connectivity index (χ0n) is 12.8. The number of aromatic nitrogens is 3. The lowest BCUT2D eigenvalue weighted by Gasteiger charge is -1.88. The molecule has 3 aromatic heterocycles. The fraction of sp³-hybridized carbons (Fsp3) is 0.0556. The van der Waals surface area contributed by atoms with Crippen LogP contribution in [0.25, 0.3) is 23.2 Å². The van der Waals surface area contributed by atoms with Crippen LogP contribution in [-0.4, -0.2) is 14.6 Å². The van der Waals surface area contributed by atoms with Gasteiger partial charge in [-0.05, 0) is 30.7 Å². The summed E-state index contributed by atoms with van der Waals surface area (Å²) in [6.45, 7) is 1.86. The maximum atomic E-state index is 12.4. The van der Waals surface area contributed by atoms with E-state index in [0.717, 1.165) is 11.3 Å². The maximum Gasteiger partial charge on any atom is 0.291 e. The van der Waals surface area contributed by atoms with E-state index in [-0.39, 0.29) is 5.56 Å². The lowest BCUT2D eigenvalue weighted by Crippen LogP contribution is -2.23. The summed E-state index contributed by atoms with van der Waals surface area (Å²) >= 11 is 1.30. The van der Waals surface area contributed by atoms with E-state index in [1.54, 1.807) is 12.2 Å². The molecule has 4 aromatic rings. The predicted molar refractivity (Wildman–Crippen MR) is 94.7 cm³/mol. The zero-order valence-corrected chi connectivity index (χ0v) is 13.7.